The second-order valence-corrected chi connectivity index (χ2v) is 6.50. The summed E-state index contributed by atoms with van der Waals surface area (Å²) in [5, 5.41) is 4.08. The van der Waals surface area contributed by atoms with Crippen LogP contribution in [0.2, 0.25) is 0 Å². The summed E-state index contributed by atoms with van der Waals surface area (Å²) in [5.74, 6) is -1.08. The summed E-state index contributed by atoms with van der Waals surface area (Å²) in [5.41, 5.74) is 1.21. The molecule has 2 aliphatic rings. The van der Waals surface area contributed by atoms with E-state index < -0.39 is 17.5 Å². The van der Waals surface area contributed by atoms with Crippen molar-refractivity contribution in [3.63, 3.8) is 0 Å². The van der Waals surface area contributed by atoms with Crippen molar-refractivity contribution < 1.29 is 18.0 Å². The lowest BCUT2D eigenvalue weighted by Crippen LogP contribution is -2.32. The molecular formula is C16H17F3N4O. The molecule has 1 aliphatic carbocycles. The number of halogens is 3. The van der Waals surface area contributed by atoms with Gasteiger partial charge in [0.15, 0.2) is 5.65 Å². The number of hydrogen-bond acceptors (Lipinski definition) is 4. The number of carbonyl (C=O) groups is 1. The fraction of sp³-hybridized carbons (Fsp3) is 0.562. The molecule has 0 atom stereocenters. The van der Waals surface area contributed by atoms with Gasteiger partial charge < -0.3 is 4.90 Å². The van der Waals surface area contributed by atoms with E-state index in [4.69, 9.17) is 0 Å². The molecule has 0 aromatic carbocycles. The highest BCUT2D eigenvalue weighted by molar-refractivity contribution is 6.05. The largest absolute Gasteiger partial charge is 0.455 e. The second kappa shape index (κ2) is 5.19. The molecule has 8 heteroatoms. The molecule has 128 valence electrons. The number of alkyl halides is 3. The standard InChI is InChI=1S/C16H17F3N4O/c1-9-11-6-7-22(10-4-2-3-5-10)15(11)23-14(21-9)12(8-20-23)13(24)16(17,18)19/h8,10H,2-7H2,1H3. The van der Waals surface area contributed by atoms with Gasteiger partial charge in [-0.05, 0) is 26.2 Å². The van der Waals surface area contributed by atoms with E-state index in [1.807, 2.05) is 0 Å². The topological polar surface area (TPSA) is 50.5 Å². The molecule has 1 saturated carbocycles. The van der Waals surface area contributed by atoms with Gasteiger partial charge in [0.1, 0.15) is 5.82 Å². The third kappa shape index (κ3) is 2.19. The zero-order valence-corrected chi connectivity index (χ0v) is 13.2. The van der Waals surface area contributed by atoms with Crippen molar-refractivity contribution in [3.8, 4) is 0 Å². The molecule has 2 aromatic heterocycles. The summed E-state index contributed by atoms with van der Waals surface area (Å²) in [7, 11) is 0. The van der Waals surface area contributed by atoms with Crippen molar-refractivity contribution >= 4 is 17.2 Å². The van der Waals surface area contributed by atoms with Crippen LogP contribution >= 0.6 is 0 Å². The monoisotopic (exact) mass is 338 g/mol. The molecule has 4 rings (SSSR count). The SMILES string of the molecule is Cc1nc2c(C(=O)C(F)(F)F)cnn2c2c1CCN2C1CCCC1. The predicted octanol–water partition coefficient (Wildman–Crippen LogP) is 3.09. The molecule has 0 amide bonds. The van der Waals surface area contributed by atoms with Crippen LogP contribution in [0.25, 0.3) is 5.65 Å². The minimum Gasteiger partial charge on any atom is -0.353 e. The molecule has 5 nitrogen and oxygen atoms in total. The maximum Gasteiger partial charge on any atom is 0.455 e. The Morgan fingerprint density at radius 3 is 2.67 bits per heavy atom. The zero-order valence-electron chi connectivity index (χ0n) is 13.2. The van der Waals surface area contributed by atoms with Gasteiger partial charge in [0.05, 0.1) is 11.8 Å². The van der Waals surface area contributed by atoms with Crippen molar-refractivity contribution in [2.75, 3.05) is 11.4 Å². The van der Waals surface area contributed by atoms with Crippen LogP contribution in [0.4, 0.5) is 19.0 Å². The molecule has 0 N–H and O–H groups in total. The highest BCUT2D eigenvalue weighted by Gasteiger charge is 2.42. The van der Waals surface area contributed by atoms with Gasteiger partial charge >= 0.3 is 6.18 Å². The van der Waals surface area contributed by atoms with Gasteiger partial charge in [-0.3, -0.25) is 4.79 Å². The first-order valence-corrected chi connectivity index (χ1v) is 8.13. The molecule has 24 heavy (non-hydrogen) atoms. The summed E-state index contributed by atoms with van der Waals surface area (Å²) in [4.78, 5) is 18.1. The van der Waals surface area contributed by atoms with Gasteiger partial charge in [0.25, 0.3) is 5.78 Å². The van der Waals surface area contributed by atoms with E-state index in [-0.39, 0.29) is 5.65 Å². The van der Waals surface area contributed by atoms with Crippen LogP contribution in [0, 0.1) is 6.92 Å². The van der Waals surface area contributed by atoms with Gasteiger partial charge in [-0.1, -0.05) is 12.8 Å². The molecule has 1 fully saturated rings. The number of fused-ring (bicyclic) bond motifs is 3. The highest BCUT2D eigenvalue weighted by atomic mass is 19.4. The Morgan fingerprint density at radius 1 is 1.29 bits per heavy atom. The average molecular weight is 338 g/mol. The number of rotatable bonds is 2. The van der Waals surface area contributed by atoms with Crippen molar-refractivity contribution in [1.29, 1.82) is 0 Å². The lowest BCUT2D eigenvalue weighted by atomic mass is 10.1. The molecule has 3 heterocycles. The lowest BCUT2D eigenvalue weighted by Gasteiger charge is -2.27. The Balaban J connectivity index is 1.88. The first kappa shape index (κ1) is 15.4. The number of anilines is 1. The molecule has 2 aromatic rings. The third-order valence-electron chi connectivity index (χ3n) is 5.07. The number of aromatic nitrogens is 3. The number of nitrogens with zero attached hydrogens (tertiary/aromatic N) is 4. The molecule has 1 aliphatic heterocycles. The van der Waals surface area contributed by atoms with Gasteiger partial charge in [-0.2, -0.15) is 22.8 Å². The minimum atomic E-state index is -4.93. The van der Waals surface area contributed by atoms with Crippen LogP contribution in [0.15, 0.2) is 6.20 Å². The first-order valence-electron chi connectivity index (χ1n) is 8.13. The van der Waals surface area contributed by atoms with E-state index >= 15 is 0 Å². The summed E-state index contributed by atoms with van der Waals surface area (Å²) in [6.45, 7) is 2.61. The van der Waals surface area contributed by atoms with E-state index in [0.29, 0.717) is 11.7 Å². The van der Waals surface area contributed by atoms with Gasteiger partial charge in [-0.15, -0.1) is 0 Å². The number of carbonyl (C=O) groups excluding carboxylic acids is 1. The van der Waals surface area contributed by atoms with Crippen LogP contribution in [-0.4, -0.2) is 39.1 Å². The quantitative estimate of drug-likeness (QED) is 0.790. The van der Waals surface area contributed by atoms with E-state index in [9.17, 15) is 18.0 Å². The molecule has 0 spiro atoms. The zero-order chi connectivity index (χ0) is 17.1. The number of ketones is 1. The summed E-state index contributed by atoms with van der Waals surface area (Å²) >= 11 is 0. The average Bonchev–Trinajstić information content (AvgIpc) is 3.23. The molecule has 0 radical (unpaired) electrons. The van der Waals surface area contributed by atoms with Gasteiger partial charge in [0.2, 0.25) is 0 Å². The van der Waals surface area contributed by atoms with E-state index in [2.05, 4.69) is 15.0 Å². The number of Topliss-reactive ketones (excluding diaryl/α,β-unsaturated/α-hetero) is 1. The molecule has 0 saturated heterocycles. The smallest absolute Gasteiger partial charge is 0.353 e. The van der Waals surface area contributed by atoms with Crippen molar-refractivity contribution in [2.24, 2.45) is 0 Å². The Kier molecular flexibility index (Phi) is 3.33. The minimum absolute atomic E-state index is 0.00141. The maximum atomic E-state index is 12.8. The Bertz CT molecular complexity index is 821. The highest BCUT2D eigenvalue weighted by Crippen LogP contribution is 2.37. The van der Waals surface area contributed by atoms with Crippen LogP contribution in [0.3, 0.4) is 0 Å². The van der Waals surface area contributed by atoms with Crippen molar-refractivity contribution in [2.45, 2.75) is 51.2 Å². The van der Waals surface area contributed by atoms with Crippen LogP contribution in [-0.2, 0) is 6.42 Å². The van der Waals surface area contributed by atoms with E-state index in [0.717, 1.165) is 43.4 Å². The normalized spacial score (nSPS) is 18.6. The molecule has 0 unspecified atom stereocenters. The van der Waals surface area contributed by atoms with Crippen LogP contribution in [0.5, 0.6) is 0 Å². The predicted molar refractivity (Wildman–Crippen MR) is 81.4 cm³/mol. The Morgan fingerprint density at radius 2 is 2.00 bits per heavy atom. The summed E-state index contributed by atoms with van der Waals surface area (Å²) in [6.07, 6.45) is 1.37. The fourth-order valence-corrected chi connectivity index (χ4v) is 3.93. The molecule has 0 bridgehead atoms. The summed E-state index contributed by atoms with van der Waals surface area (Å²) in [6, 6.07) is 0.391. The van der Waals surface area contributed by atoms with Crippen molar-refractivity contribution in [3.05, 3.63) is 23.0 Å². The molecular weight excluding hydrogens is 321 g/mol. The number of aryl methyl sites for hydroxylation is 1. The summed E-state index contributed by atoms with van der Waals surface area (Å²) < 4.78 is 39.9. The van der Waals surface area contributed by atoms with Crippen molar-refractivity contribution in [1.82, 2.24) is 14.6 Å². The second-order valence-electron chi connectivity index (χ2n) is 6.50. The Hall–Kier alpha value is -2.12. The van der Waals surface area contributed by atoms with Gasteiger partial charge in [0, 0.05) is 23.8 Å². The maximum absolute atomic E-state index is 12.8. The third-order valence-corrected chi connectivity index (χ3v) is 5.07. The van der Waals surface area contributed by atoms with E-state index in [1.54, 1.807) is 6.92 Å². The first-order chi connectivity index (χ1) is 11.4. The van der Waals surface area contributed by atoms with Crippen LogP contribution in [0.1, 0.15) is 47.3 Å². The Labute approximate surface area is 136 Å². The fourth-order valence-electron chi connectivity index (χ4n) is 3.93. The lowest BCUT2D eigenvalue weighted by molar-refractivity contribution is -0.0884. The number of hydrogen-bond donors (Lipinski definition) is 0. The van der Waals surface area contributed by atoms with Gasteiger partial charge in [-0.25, -0.2) is 4.98 Å². The van der Waals surface area contributed by atoms with E-state index in [1.165, 1.54) is 17.4 Å². The van der Waals surface area contributed by atoms with Crippen LogP contribution < -0.4 is 4.90 Å².